The summed E-state index contributed by atoms with van der Waals surface area (Å²) in [6.45, 7) is 4.41. The van der Waals surface area contributed by atoms with E-state index in [9.17, 15) is 18.6 Å². The number of sulfone groups is 1. The Labute approximate surface area is 183 Å². The molecule has 172 valence electrons. The molecule has 0 heterocycles. The summed E-state index contributed by atoms with van der Waals surface area (Å²) in [5, 5.41) is 21.0. The first-order valence-electron chi connectivity index (χ1n) is 9.92. The molecule has 0 amide bonds. The number of aliphatic hydroxyl groups is 2. The van der Waals surface area contributed by atoms with E-state index in [1.54, 1.807) is 36.4 Å². The lowest BCUT2D eigenvalue weighted by atomic mass is 10.1. The van der Waals surface area contributed by atoms with Crippen molar-refractivity contribution in [2.75, 3.05) is 38.9 Å². The van der Waals surface area contributed by atoms with E-state index in [4.69, 9.17) is 18.9 Å². The zero-order valence-electron chi connectivity index (χ0n) is 18.2. The molecule has 31 heavy (non-hydrogen) atoms. The van der Waals surface area contributed by atoms with E-state index in [-0.39, 0.29) is 0 Å². The van der Waals surface area contributed by atoms with Gasteiger partial charge in [0.25, 0.3) is 0 Å². The molecule has 0 fully saturated rings. The van der Waals surface area contributed by atoms with Gasteiger partial charge in [0.05, 0.1) is 51.1 Å². The summed E-state index contributed by atoms with van der Waals surface area (Å²) >= 11 is 0. The Morgan fingerprint density at radius 2 is 1.13 bits per heavy atom. The Kier molecular flexibility index (Phi) is 8.97. The molecule has 0 saturated carbocycles. The molecule has 0 aromatic heterocycles. The van der Waals surface area contributed by atoms with Crippen molar-refractivity contribution >= 4 is 9.84 Å². The number of rotatable bonds is 12. The van der Waals surface area contributed by atoms with Crippen molar-refractivity contribution in [1.82, 2.24) is 0 Å². The third-order valence-electron chi connectivity index (χ3n) is 4.57. The van der Waals surface area contributed by atoms with Crippen LogP contribution in [0.1, 0.15) is 37.2 Å². The third-order valence-corrected chi connectivity index (χ3v) is 6.22. The molecule has 2 unspecified atom stereocenters. The molecule has 0 spiro atoms. The van der Waals surface area contributed by atoms with Crippen LogP contribution in [-0.2, 0) is 9.84 Å². The van der Waals surface area contributed by atoms with Gasteiger partial charge in [-0.15, -0.1) is 0 Å². The Morgan fingerprint density at radius 3 is 1.45 bits per heavy atom. The van der Waals surface area contributed by atoms with E-state index in [0.29, 0.717) is 47.3 Å². The van der Waals surface area contributed by atoms with Gasteiger partial charge in [-0.2, -0.15) is 0 Å². The molecular weight excluding hydrogens is 424 g/mol. The lowest BCUT2D eigenvalue weighted by Gasteiger charge is -2.17. The second kappa shape index (κ2) is 11.2. The molecule has 8 nitrogen and oxygen atoms in total. The molecule has 0 radical (unpaired) electrons. The standard InChI is InChI=1S/C22H30O8S/c1-5-29-21-11-15(7-9-19(21)27-3)17(23)13-31(25,26)14-18(24)16-8-10-20(28-4)22(12-16)30-6-2/h7-12,17-18,23-24H,5-6,13-14H2,1-4H3. The number of aliphatic hydroxyl groups excluding tert-OH is 2. The molecule has 2 rings (SSSR count). The van der Waals surface area contributed by atoms with Gasteiger partial charge in [-0.3, -0.25) is 0 Å². The average molecular weight is 455 g/mol. The predicted octanol–water partition coefficient (Wildman–Crippen LogP) is 2.68. The van der Waals surface area contributed by atoms with Gasteiger partial charge in [0.2, 0.25) is 0 Å². The summed E-state index contributed by atoms with van der Waals surface area (Å²) in [6, 6.07) is 9.48. The minimum atomic E-state index is -3.80. The number of benzene rings is 2. The highest BCUT2D eigenvalue weighted by molar-refractivity contribution is 7.91. The largest absolute Gasteiger partial charge is 0.493 e. The first kappa shape index (κ1) is 24.8. The SMILES string of the molecule is CCOc1cc(C(O)CS(=O)(=O)CC(O)c2ccc(OC)c(OCC)c2)ccc1OC. The van der Waals surface area contributed by atoms with Crippen molar-refractivity contribution in [1.29, 1.82) is 0 Å². The van der Waals surface area contributed by atoms with Crippen molar-refractivity contribution in [3.05, 3.63) is 47.5 Å². The lowest BCUT2D eigenvalue weighted by Crippen LogP contribution is -2.21. The molecule has 9 heteroatoms. The van der Waals surface area contributed by atoms with Crippen LogP contribution in [0.3, 0.4) is 0 Å². The molecule has 2 atom stereocenters. The summed E-state index contributed by atoms with van der Waals surface area (Å²) in [7, 11) is -0.810. The van der Waals surface area contributed by atoms with Crippen molar-refractivity contribution in [2.45, 2.75) is 26.1 Å². The van der Waals surface area contributed by atoms with Crippen LogP contribution in [0.5, 0.6) is 23.0 Å². The van der Waals surface area contributed by atoms with E-state index in [2.05, 4.69) is 0 Å². The van der Waals surface area contributed by atoms with Crippen molar-refractivity contribution < 1.29 is 37.6 Å². The van der Waals surface area contributed by atoms with Crippen LogP contribution < -0.4 is 18.9 Å². The van der Waals surface area contributed by atoms with Gasteiger partial charge >= 0.3 is 0 Å². The second-order valence-electron chi connectivity index (χ2n) is 6.80. The Balaban J connectivity index is 2.14. The summed E-state index contributed by atoms with van der Waals surface area (Å²) in [5.41, 5.74) is 0.760. The van der Waals surface area contributed by atoms with Gasteiger partial charge < -0.3 is 29.2 Å². The second-order valence-corrected chi connectivity index (χ2v) is 8.95. The Bertz CT molecular complexity index is 886. The summed E-state index contributed by atoms with van der Waals surface area (Å²) < 4.78 is 46.6. The lowest BCUT2D eigenvalue weighted by molar-refractivity contribution is 0.193. The average Bonchev–Trinajstić information content (AvgIpc) is 2.73. The fourth-order valence-corrected chi connectivity index (χ4v) is 4.56. The topological polar surface area (TPSA) is 112 Å². The fraction of sp³-hybridized carbons (Fsp3) is 0.455. The first-order chi connectivity index (χ1) is 14.7. The minimum Gasteiger partial charge on any atom is -0.493 e. The van der Waals surface area contributed by atoms with E-state index in [0.717, 1.165) is 0 Å². The van der Waals surface area contributed by atoms with Gasteiger partial charge in [-0.05, 0) is 49.2 Å². The molecule has 0 aliphatic carbocycles. The molecule has 0 aliphatic heterocycles. The van der Waals surface area contributed by atoms with Gasteiger partial charge in [0.1, 0.15) is 0 Å². The third kappa shape index (κ3) is 6.75. The predicted molar refractivity (Wildman–Crippen MR) is 117 cm³/mol. The quantitative estimate of drug-likeness (QED) is 0.504. The Hall–Kier alpha value is -2.49. The number of hydrogen-bond donors (Lipinski definition) is 2. The van der Waals surface area contributed by atoms with Crippen molar-refractivity contribution in [2.24, 2.45) is 0 Å². The minimum absolute atomic E-state index is 0.380. The highest BCUT2D eigenvalue weighted by atomic mass is 32.2. The molecular formula is C22H30O8S. The summed E-state index contributed by atoms with van der Waals surface area (Å²) in [6.07, 6.45) is -2.56. The van der Waals surface area contributed by atoms with Crippen LogP contribution in [0.2, 0.25) is 0 Å². The number of methoxy groups -OCH3 is 2. The van der Waals surface area contributed by atoms with Crippen molar-refractivity contribution in [3.63, 3.8) is 0 Å². The first-order valence-corrected chi connectivity index (χ1v) is 11.7. The molecule has 2 aromatic carbocycles. The highest BCUT2D eigenvalue weighted by Crippen LogP contribution is 2.32. The van der Waals surface area contributed by atoms with Gasteiger partial charge in [-0.25, -0.2) is 8.42 Å². The van der Waals surface area contributed by atoms with E-state index in [1.807, 2.05) is 13.8 Å². The molecule has 2 N–H and O–H groups in total. The maximum absolute atomic E-state index is 12.6. The normalized spacial score (nSPS) is 13.4. The fourth-order valence-electron chi connectivity index (χ4n) is 3.08. The van der Waals surface area contributed by atoms with E-state index >= 15 is 0 Å². The summed E-state index contributed by atoms with van der Waals surface area (Å²) in [5.74, 6) is 0.718. The van der Waals surface area contributed by atoms with Gasteiger partial charge in [0.15, 0.2) is 32.8 Å². The van der Waals surface area contributed by atoms with Crippen LogP contribution in [-0.4, -0.2) is 57.6 Å². The molecule has 2 aromatic rings. The van der Waals surface area contributed by atoms with Crippen LogP contribution in [0.15, 0.2) is 36.4 Å². The van der Waals surface area contributed by atoms with Crippen LogP contribution in [0.4, 0.5) is 0 Å². The smallest absolute Gasteiger partial charge is 0.161 e. The molecule has 0 aliphatic rings. The van der Waals surface area contributed by atoms with Crippen LogP contribution >= 0.6 is 0 Å². The molecule has 0 saturated heterocycles. The van der Waals surface area contributed by atoms with E-state index < -0.39 is 33.6 Å². The Morgan fingerprint density at radius 1 is 0.742 bits per heavy atom. The number of ether oxygens (including phenoxy) is 4. The number of hydrogen-bond acceptors (Lipinski definition) is 8. The molecule has 0 bridgehead atoms. The maximum Gasteiger partial charge on any atom is 0.161 e. The van der Waals surface area contributed by atoms with Gasteiger partial charge in [0, 0.05) is 0 Å². The summed E-state index contributed by atoms with van der Waals surface area (Å²) in [4.78, 5) is 0. The monoisotopic (exact) mass is 454 g/mol. The van der Waals surface area contributed by atoms with Gasteiger partial charge in [-0.1, -0.05) is 12.1 Å². The van der Waals surface area contributed by atoms with Crippen LogP contribution in [0, 0.1) is 0 Å². The zero-order valence-corrected chi connectivity index (χ0v) is 19.0. The van der Waals surface area contributed by atoms with E-state index in [1.165, 1.54) is 14.2 Å². The zero-order chi connectivity index (χ0) is 23.0. The van der Waals surface area contributed by atoms with Crippen molar-refractivity contribution in [3.8, 4) is 23.0 Å². The highest BCUT2D eigenvalue weighted by Gasteiger charge is 2.25. The van der Waals surface area contributed by atoms with Crippen LogP contribution in [0.25, 0.3) is 0 Å². The maximum atomic E-state index is 12.6.